The monoisotopic (exact) mass is 532 g/mol. The zero-order chi connectivity index (χ0) is 22.0. The number of nitrogens with two attached hydrogens (primary N) is 1. The van der Waals surface area contributed by atoms with E-state index in [1.807, 2.05) is 12.1 Å². The number of carbonyl (C=O) groups excluding carboxylic acids is 1. The summed E-state index contributed by atoms with van der Waals surface area (Å²) in [6.45, 7) is 2.14. The summed E-state index contributed by atoms with van der Waals surface area (Å²) in [7, 11) is 1.60. The van der Waals surface area contributed by atoms with E-state index in [0.717, 1.165) is 46.5 Å². The average Bonchev–Trinajstić information content (AvgIpc) is 2.78. The highest BCUT2D eigenvalue weighted by atomic mass is 127. The summed E-state index contributed by atoms with van der Waals surface area (Å²) in [6, 6.07) is 10.4. The van der Waals surface area contributed by atoms with Gasteiger partial charge in [0, 0.05) is 36.3 Å². The van der Waals surface area contributed by atoms with E-state index in [0.29, 0.717) is 23.4 Å². The Hall–Kier alpha value is -2.59. The fourth-order valence-electron chi connectivity index (χ4n) is 3.95. The first kappa shape index (κ1) is 21.6. The van der Waals surface area contributed by atoms with Crippen molar-refractivity contribution in [1.29, 1.82) is 0 Å². The summed E-state index contributed by atoms with van der Waals surface area (Å²) >= 11 is 2.22. The third kappa shape index (κ3) is 4.69. The highest BCUT2D eigenvalue weighted by Gasteiger charge is 2.24. The largest absolute Gasteiger partial charge is 0.481 e. The Bertz CT molecular complexity index is 1140. The normalized spacial score (nSPS) is 13.6. The number of alkyl halides is 1. The Labute approximate surface area is 193 Å². The molecule has 2 N–H and O–H groups in total. The molecule has 0 unspecified atom stereocenters. The molecule has 0 atom stereocenters. The molecule has 1 aliphatic rings. The van der Waals surface area contributed by atoms with Crippen LogP contribution in [-0.4, -0.2) is 34.4 Å². The number of carbonyl (C=O) groups is 1. The number of hydrogen-bond acceptors (Lipinski definition) is 5. The molecule has 31 heavy (non-hydrogen) atoms. The topological polar surface area (TPSA) is 81.3 Å². The predicted molar refractivity (Wildman–Crippen MR) is 124 cm³/mol. The first-order valence-corrected chi connectivity index (χ1v) is 11.4. The lowest BCUT2D eigenvalue weighted by Crippen LogP contribution is -2.32. The van der Waals surface area contributed by atoms with Crippen LogP contribution in [0.25, 0.3) is 11.1 Å². The van der Waals surface area contributed by atoms with Crippen LogP contribution in [0.5, 0.6) is 5.88 Å². The van der Waals surface area contributed by atoms with Gasteiger partial charge in [-0.05, 0) is 58.5 Å². The number of methoxy groups -OCH3 is 1. The quantitative estimate of drug-likeness (QED) is 0.385. The third-order valence-electron chi connectivity index (χ3n) is 5.43. The van der Waals surface area contributed by atoms with Gasteiger partial charge in [0.15, 0.2) is 0 Å². The molecule has 0 spiro atoms. The van der Waals surface area contributed by atoms with Crippen LogP contribution in [0.3, 0.4) is 0 Å². The molecule has 0 saturated heterocycles. The van der Waals surface area contributed by atoms with Gasteiger partial charge in [-0.1, -0.05) is 28.7 Å². The van der Waals surface area contributed by atoms with Crippen molar-refractivity contribution in [1.82, 2.24) is 14.9 Å². The maximum atomic E-state index is 13.8. The first-order valence-electron chi connectivity index (χ1n) is 9.87. The number of fused-ring (bicyclic) bond motifs is 1. The summed E-state index contributed by atoms with van der Waals surface area (Å²) < 4.78 is 19.7. The molecule has 4 rings (SSSR count). The predicted octanol–water partition coefficient (Wildman–Crippen LogP) is 3.88. The van der Waals surface area contributed by atoms with E-state index < -0.39 is 5.91 Å². The van der Waals surface area contributed by atoms with Gasteiger partial charge in [0.1, 0.15) is 11.5 Å². The average molecular weight is 532 g/mol. The fourth-order valence-corrected chi connectivity index (χ4v) is 4.58. The molecule has 1 aromatic carbocycles. The van der Waals surface area contributed by atoms with Gasteiger partial charge in [0.05, 0.1) is 12.8 Å². The smallest absolute Gasteiger partial charge is 0.267 e. The second-order valence-corrected chi connectivity index (χ2v) is 8.21. The molecule has 0 saturated carbocycles. The van der Waals surface area contributed by atoms with Crippen molar-refractivity contribution in [3.63, 3.8) is 0 Å². The highest BCUT2D eigenvalue weighted by Crippen LogP contribution is 2.34. The standard InChI is InChI=1S/C23H22FIN4O2/c1-31-22-8-14(4-6-27-22)12-29-7-5-18-19(10-20(23(26)30)28-21(18)13-29)17-3-2-16(24)9-15(17)11-25/h2-4,6,8-10H,5,7,11-13H2,1H3,(H2,26,30). The van der Waals surface area contributed by atoms with Crippen LogP contribution in [0.1, 0.15) is 32.9 Å². The van der Waals surface area contributed by atoms with E-state index in [9.17, 15) is 9.18 Å². The van der Waals surface area contributed by atoms with Crippen molar-refractivity contribution in [3.8, 4) is 17.0 Å². The fraction of sp³-hybridized carbons (Fsp3) is 0.261. The van der Waals surface area contributed by atoms with E-state index in [-0.39, 0.29) is 11.5 Å². The van der Waals surface area contributed by atoms with Crippen LogP contribution in [0.2, 0.25) is 0 Å². The number of pyridine rings is 2. The second kappa shape index (κ2) is 9.27. The third-order valence-corrected chi connectivity index (χ3v) is 6.25. The van der Waals surface area contributed by atoms with Crippen LogP contribution in [0.4, 0.5) is 4.39 Å². The number of ether oxygens (including phenoxy) is 1. The Morgan fingerprint density at radius 3 is 2.84 bits per heavy atom. The van der Waals surface area contributed by atoms with Crippen LogP contribution < -0.4 is 10.5 Å². The van der Waals surface area contributed by atoms with Crippen molar-refractivity contribution in [2.24, 2.45) is 5.73 Å². The van der Waals surface area contributed by atoms with Crippen molar-refractivity contribution in [2.75, 3.05) is 13.7 Å². The molecule has 3 aromatic rings. The number of hydrogen-bond donors (Lipinski definition) is 1. The van der Waals surface area contributed by atoms with E-state index >= 15 is 0 Å². The van der Waals surface area contributed by atoms with Gasteiger partial charge in [-0.25, -0.2) is 14.4 Å². The van der Waals surface area contributed by atoms with Crippen LogP contribution in [-0.2, 0) is 23.9 Å². The number of rotatable bonds is 6. The minimum absolute atomic E-state index is 0.227. The van der Waals surface area contributed by atoms with Crippen molar-refractivity contribution in [2.45, 2.75) is 23.9 Å². The zero-order valence-corrected chi connectivity index (χ0v) is 19.2. The second-order valence-electron chi connectivity index (χ2n) is 7.45. The number of halogens is 2. The molecule has 6 nitrogen and oxygen atoms in total. The SMILES string of the molecule is COc1cc(CN2CCc3c(-c4ccc(F)cc4CI)cc(C(N)=O)nc3C2)ccn1. The van der Waals surface area contributed by atoms with Crippen LogP contribution >= 0.6 is 22.6 Å². The van der Waals surface area contributed by atoms with Crippen molar-refractivity contribution >= 4 is 28.5 Å². The van der Waals surface area contributed by atoms with Crippen molar-refractivity contribution in [3.05, 3.63) is 76.5 Å². The Morgan fingerprint density at radius 2 is 2.10 bits per heavy atom. The molecule has 1 amide bonds. The van der Waals surface area contributed by atoms with E-state index in [2.05, 4.69) is 37.5 Å². The lowest BCUT2D eigenvalue weighted by atomic mass is 9.91. The first-order chi connectivity index (χ1) is 15.0. The molecular weight excluding hydrogens is 510 g/mol. The van der Waals surface area contributed by atoms with Crippen molar-refractivity contribution < 1.29 is 13.9 Å². The molecule has 8 heteroatoms. The number of amides is 1. The van der Waals surface area contributed by atoms with Gasteiger partial charge in [0.2, 0.25) is 5.88 Å². The van der Waals surface area contributed by atoms with Gasteiger partial charge in [-0.2, -0.15) is 0 Å². The Morgan fingerprint density at radius 1 is 1.26 bits per heavy atom. The maximum absolute atomic E-state index is 13.8. The zero-order valence-electron chi connectivity index (χ0n) is 17.1. The molecule has 0 fully saturated rings. The summed E-state index contributed by atoms with van der Waals surface area (Å²) in [6.07, 6.45) is 2.50. The summed E-state index contributed by atoms with van der Waals surface area (Å²) in [5.74, 6) is -0.264. The Balaban J connectivity index is 1.71. The van der Waals surface area contributed by atoms with Crippen LogP contribution in [0.15, 0.2) is 42.6 Å². The summed E-state index contributed by atoms with van der Waals surface area (Å²) in [5.41, 5.74) is 11.5. The number of primary amides is 1. The van der Waals surface area contributed by atoms with E-state index in [1.54, 1.807) is 31.5 Å². The van der Waals surface area contributed by atoms with Gasteiger partial charge >= 0.3 is 0 Å². The minimum atomic E-state index is -0.571. The molecule has 0 radical (unpaired) electrons. The minimum Gasteiger partial charge on any atom is -0.481 e. The summed E-state index contributed by atoms with van der Waals surface area (Å²) in [5, 5.41) is 0. The highest BCUT2D eigenvalue weighted by molar-refractivity contribution is 14.1. The number of nitrogens with zero attached hydrogens (tertiary/aromatic N) is 3. The van der Waals surface area contributed by atoms with Gasteiger partial charge < -0.3 is 10.5 Å². The maximum Gasteiger partial charge on any atom is 0.267 e. The van der Waals surface area contributed by atoms with E-state index in [4.69, 9.17) is 10.5 Å². The Kier molecular flexibility index (Phi) is 6.47. The molecule has 0 aliphatic carbocycles. The number of benzene rings is 1. The van der Waals surface area contributed by atoms with Gasteiger partial charge in [-0.3, -0.25) is 9.69 Å². The van der Waals surface area contributed by atoms with E-state index in [1.165, 1.54) is 6.07 Å². The lowest BCUT2D eigenvalue weighted by molar-refractivity contribution is 0.0995. The molecular formula is C23H22FIN4O2. The molecule has 0 bridgehead atoms. The van der Waals surface area contributed by atoms with Crippen LogP contribution in [0, 0.1) is 5.82 Å². The summed E-state index contributed by atoms with van der Waals surface area (Å²) in [4.78, 5) is 23.0. The molecule has 2 aromatic heterocycles. The molecule has 3 heterocycles. The molecule has 1 aliphatic heterocycles. The lowest BCUT2D eigenvalue weighted by Gasteiger charge is -2.30. The molecule has 160 valence electrons. The van der Waals surface area contributed by atoms with Gasteiger partial charge in [-0.15, -0.1) is 0 Å². The number of aromatic nitrogens is 2. The van der Waals surface area contributed by atoms with Gasteiger partial charge in [0.25, 0.3) is 5.91 Å².